The first-order valence-corrected chi connectivity index (χ1v) is 15.5. The molecule has 2 heteroatoms. The highest BCUT2D eigenvalue weighted by molar-refractivity contribution is 6.15. The van der Waals surface area contributed by atoms with Crippen LogP contribution in [0.4, 0.5) is 17.1 Å². The van der Waals surface area contributed by atoms with Crippen molar-refractivity contribution < 1.29 is 4.42 Å². The molecule has 1 aliphatic rings. The van der Waals surface area contributed by atoms with Crippen molar-refractivity contribution in [2.24, 2.45) is 0 Å². The van der Waals surface area contributed by atoms with Crippen LogP contribution < -0.4 is 4.90 Å². The maximum atomic E-state index is 6.80. The minimum atomic E-state index is -0.0815. The second kappa shape index (κ2) is 9.35. The number of nitrogens with zero attached hydrogens (tertiary/aromatic N) is 1. The summed E-state index contributed by atoms with van der Waals surface area (Å²) in [6.45, 7) is 18.4. The van der Waals surface area contributed by atoms with Gasteiger partial charge in [-0.25, -0.2) is 0 Å². The van der Waals surface area contributed by atoms with E-state index in [9.17, 15) is 0 Å². The minimum Gasteiger partial charge on any atom is -0.456 e. The Balaban J connectivity index is 1.60. The number of benzene rings is 5. The summed E-state index contributed by atoms with van der Waals surface area (Å²) in [7, 11) is 0. The molecule has 1 heterocycles. The van der Waals surface area contributed by atoms with E-state index in [-0.39, 0.29) is 16.2 Å². The Morgan fingerprint density at radius 2 is 1.28 bits per heavy atom. The molecule has 0 amide bonds. The van der Waals surface area contributed by atoms with Gasteiger partial charge in [0.15, 0.2) is 0 Å². The lowest BCUT2D eigenvalue weighted by atomic mass is 9.79. The summed E-state index contributed by atoms with van der Waals surface area (Å²) in [4.78, 5) is 2.45. The fraction of sp³-hybridized carbons (Fsp3) is 0.268. The molecule has 1 aliphatic carbocycles. The lowest BCUT2D eigenvalue weighted by molar-refractivity contribution is 0.559. The third-order valence-corrected chi connectivity index (χ3v) is 9.33. The summed E-state index contributed by atoms with van der Waals surface area (Å²) in [5.41, 5.74) is 13.1. The van der Waals surface area contributed by atoms with Crippen LogP contribution in [0.25, 0.3) is 33.1 Å². The summed E-state index contributed by atoms with van der Waals surface area (Å²) in [5.74, 6) is 0. The molecule has 2 nitrogen and oxygen atoms in total. The van der Waals surface area contributed by atoms with Crippen LogP contribution in [0, 0.1) is 0 Å². The Labute approximate surface area is 256 Å². The predicted octanol–water partition coefficient (Wildman–Crippen LogP) is 12.0. The van der Waals surface area contributed by atoms with Crippen molar-refractivity contribution in [1.29, 1.82) is 0 Å². The molecule has 7 rings (SSSR count). The molecule has 0 spiro atoms. The molecule has 0 saturated heterocycles. The molecule has 43 heavy (non-hydrogen) atoms. The van der Waals surface area contributed by atoms with Gasteiger partial charge < -0.3 is 9.32 Å². The van der Waals surface area contributed by atoms with Crippen LogP contribution in [-0.2, 0) is 16.2 Å². The van der Waals surface area contributed by atoms with Crippen LogP contribution in [0.3, 0.4) is 0 Å². The monoisotopic (exact) mass is 563 g/mol. The summed E-state index contributed by atoms with van der Waals surface area (Å²) >= 11 is 0. The van der Waals surface area contributed by atoms with Crippen molar-refractivity contribution in [1.82, 2.24) is 0 Å². The Bertz CT molecular complexity index is 2010. The maximum absolute atomic E-state index is 6.80. The SMILES string of the molecule is CC(C)(C)c1cc(C(C)(C)C)c2oc3cccc(N(c4ccccc4)c4cccc5c4-c4ccccc4C5(C)C)c3c2c1. The van der Waals surface area contributed by atoms with Crippen molar-refractivity contribution in [3.63, 3.8) is 0 Å². The van der Waals surface area contributed by atoms with E-state index in [0.717, 1.165) is 27.9 Å². The predicted molar refractivity (Wildman–Crippen MR) is 183 cm³/mol. The van der Waals surface area contributed by atoms with Gasteiger partial charge in [-0.2, -0.15) is 0 Å². The van der Waals surface area contributed by atoms with Crippen molar-refractivity contribution in [2.45, 2.75) is 71.6 Å². The Kier molecular flexibility index (Phi) is 5.98. The average Bonchev–Trinajstić information content (AvgIpc) is 3.46. The molecule has 216 valence electrons. The van der Waals surface area contributed by atoms with E-state index in [2.05, 4.69) is 163 Å². The molecule has 0 aliphatic heterocycles. The molecule has 0 radical (unpaired) electrons. The number of hydrogen-bond donors (Lipinski definition) is 0. The van der Waals surface area contributed by atoms with Gasteiger partial charge in [0.25, 0.3) is 0 Å². The number of para-hydroxylation sites is 1. The van der Waals surface area contributed by atoms with E-state index < -0.39 is 0 Å². The molecule has 0 bridgehead atoms. The van der Waals surface area contributed by atoms with Crippen molar-refractivity contribution in [3.8, 4) is 11.1 Å². The molecular weight excluding hydrogens is 522 g/mol. The van der Waals surface area contributed by atoms with Crippen molar-refractivity contribution in [3.05, 3.63) is 125 Å². The summed E-state index contributed by atoms with van der Waals surface area (Å²) in [6, 6.07) is 37.8. The number of furan rings is 1. The molecule has 0 fully saturated rings. The van der Waals surface area contributed by atoms with E-state index in [4.69, 9.17) is 4.42 Å². The number of hydrogen-bond acceptors (Lipinski definition) is 2. The van der Waals surface area contributed by atoms with Gasteiger partial charge in [0, 0.05) is 27.6 Å². The fourth-order valence-electron chi connectivity index (χ4n) is 6.99. The lowest BCUT2D eigenvalue weighted by Crippen LogP contribution is -2.16. The van der Waals surface area contributed by atoms with Crippen LogP contribution in [0.15, 0.2) is 108 Å². The molecule has 0 N–H and O–H groups in total. The zero-order chi connectivity index (χ0) is 30.3. The highest BCUT2D eigenvalue weighted by Gasteiger charge is 2.38. The van der Waals surface area contributed by atoms with Crippen LogP contribution >= 0.6 is 0 Å². The molecular formula is C41H41NO. The van der Waals surface area contributed by atoms with Gasteiger partial charge in [0.1, 0.15) is 11.2 Å². The van der Waals surface area contributed by atoms with Gasteiger partial charge in [-0.3, -0.25) is 0 Å². The smallest absolute Gasteiger partial charge is 0.139 e. The first-order chi connectivity index (χ1) is 20.4. The third kappa shape index (κ3) is 4.22. The number of fused-ring (bicyclic) bond motifs is 6. The van der Waals surface area contributed by atoms with Gasteiger partial charge in [-0.05, 0) is 69.5 Å². The van der Waals surface area contributed by atoms with Gasteiger partial charge in [-0.15, -0.1) is 0 Å². The van der Waals surface area contributed by atoms with Gasteiger partial charge in [0.2, 0.25) is 0 Å². The van der Waals surface area contributed by atoms with E-state index in [0.29, 0.717) is 0 Å². The Hall–Kier alpha value is -4.30. The second-order valence-electron chi connectivity index (χ2n) is 14.7. The maximum Gasteiger partial charge on any atom is 0.139 e. The van der Waals surface area contributed by atoms with E-state index in [1.54, 1.807) is 0 Å². The van der Waals surface area contributed by atoms with E-state index >= 15 is 0 Å². The number of rotatable bonds is 3. The minimum absolute atomic E-state index is 0.00138. The summed E-state index contributed by atoms with van der Waals surface area (Å²) in [5, 5.41) is 2.33. The number of anilines is 3. The van der Waals surface area contributed by atoms with Gasteiger partial charge in [-0.1, -0.05) is 122 Å². The van der Waals surface area contributed by atoms with E-state index in [1.165, 1.54) is 44.5 Å². The highest BCUT2D eigenvalue weighted by Crippen LogP contribution is 2.55. The normalized spacial score (nSPS) is 14.2. The zero-order valence-corrected chi connectivity index (χ0v) is 26.7. The standard InChI is InChI=1S/C41H41NO/c1-39(2,3)26-24-29-37-34(22-15-23-35(37)43-38(29)32(25-26)40(4,5)6)42(27-16-10-9-11-17-27)33-21-14-20-31-36(33)28-18-12-13-19-30(28)41(31,7)8/h9-25H,1-8H3. The van der Waals surface area contributed by atoms with Crippen LogP contribution in [0.5, 0.6) is 0 Å². The largest absolute Gasteiger partial charge is 0.456 e. The summed E-state index contributed by atoms with van der Waals surface area (Å²) < 4.78 is 6.80. The van der Waals surface area contributed by atoms with Gasteiger partial charge >= 0.3 is 0 Å². The third-order valence-electron chi connectivity index (χ3n) is 9.33. The Morgan fingerprint density at radius 3 is 2.00 bits per heavy atom. The molecule has 5 aromatic carbocycles. The van der Waals surface area contributed by atoms with Crippen molar-refractivity contribution in [2.75, 3.05) is 4.90 Å². The molecule has 6 aromatic rings. The first-order valence-electron chi connectivity index (χ1n) is 15.5. The molecule has 0 atom stereocenters. The fourth-order valence-corrected chi connectivity index (χ4v) is 6.99. The average molecular weight is 564 g/mol. The topological polar surface area (TPSA) is 16.4 Å². The molecule has 1 aromatic heterocycles. The van der Waals surface area contributed by atoms with Crippen LogP contribution in [0.1, 0.15) is 77.6 Å². The van der Waals surface area contributed by atoms with Crippen LogP contribution in [0.2, 0.25) is 0 Å². The Morgan fingerprint density at radius 1 is 0.628 bits per heavy atom. The lowest BCUT2D eigenvalue weighted by Gasteiger charge is -2.29. The zero-order valence-electron chi connectivity index (χ0n) is 26.7. The first kappa shape index (κ1) is 27.5. The quantitative estimate of drug-likeness (QED) is 0.213. The highest BCUT2D eigenvalue weighted by atomic mass is 16.3. The molecule has 0 unspecified atom stereocenters. The second-order valence-corrected chi connectivity index (χ2v) is 14.7. The summed E-state index contributed by atoms with van der Waals surface area (Å²) in [6.07, 6.45) is 0. The van der Waals surface area contributed by atoms with Gasteiger partial charge in [0.05, 0.1) is 16.8 Å². The molecule has 0 saturated carbocycles. The van der Waals surface area contributed by atoms with Crippen molar-refractivity contribution >= 4 is 39.0 Å². The van der Waals surface area contributed by atoms with Crippen LogP contribution in [-0.4, -0.2) is 0 Å². The van der Waals surface area contributed by atoms with E-state index in [1.807, 2.05) is 0 Å².